The van der Waals surface area contributed by atoms with Gasteiger partial charge in [0.15, 0.2) is 11.8 Å². The highest BCUT2D eigenvalue weighted by Crippen LogP contribution is 2.19. The molecule has 1 unspecified atom stereocenters. The number of para-hydroxylation sites is 1. The van der Waals surface area contributed by atoms with Crippen LogP contribution in [0.1, 0.15) is 24.0 Å². The normalized spacial score (nSPS) is 11.9. The van der Waals surface area contributed by atoms with Crippen molar-refractivity contribution in [3.8, 4) is 0 Å². The first kappa shape index (κ1) is 21.2. The highest BCUT2D eigenvalue weighted by molar-refractivity contribution is 6.02. The van der Waals surface area contributed by atoms with E-state index in [-0.39, 0.29) is 19.4 Å². The smallest absolute Gasteiger partial charge is 0.330 e. The van der Waals surface area contributed by atoms with E-state index < -0.39 is 17.8 Å². The highest BCUT2D eigenvalue weighted by atomic mass is 16.7. The number of aromatic nitrogens is 1. The number of aryl methyl sites for hydroxylation is 1. The molecule has 1 atom stereocenters. The highest BCUT2D eigenvalue weighted by Gasteiger charge is 2.28. The minimum Gasteiger partial charge on any atom is -0.480 e. The lowest BCUT2D eigenvalue weighted by molar-refractivity contribution is -0.204. The third-order valence-corrected chi connectivity index (χ3v) is 4.68. The van der Waals surface area contributed by atoms with Crippen LogP contribution in [-0.2, 0) is 32.2 Å². The number of hydrogen-bond donors (Lipinski definition) is 3. The Kier molecular flexibility index (Phi) is 7.31. The van der Waals surface area contributed by atoms with Crippen LogP contribution in [0.5, 0.6) is 0 Å². The first-order valence-electron chi connectivity index (χ1n) is 9.56. The number of nitrogens with zero attached hydrogens (tertiary/aromatic N) is 1. The molecule has 0 bridgehead atoms. The molecule has 1 heterocycles. The molecular formula is C22H23N3O5. The van der Waals surface area contributed by atoms with Crippen molar-refractivity contribution in [3.05, 3.63) is 71.9 Å². The van der Waals surface area contributed by atoms with E-state index in [0.29, 0.717) is 18.0 Å². The number of H-pyrrole nitrogens is 1. The van der Waals surface area contributed by atoms with Crippen molar-refractivity contribution in [1.82, 2.24) is 15.6 Å². The van der Waals surface area contributed by atoms with Gasteiger partial charge in [-0.25, -0.2) is 4.79 Å². The minimum atomic E-state index is -1.58. The van der Waals surface area contributed by atoms with Crippen molar-refractivity contribution in [1.29, 1.82) is 0 Å². The second-order valence-electron chi connectivity index (χ2n) is 6.77. The lowest BCUT2D eigenvalue weighted by atomic mass is 10.0. The summed E-state index contributed by atoms with van der Waals surface area (Å²) in [5.41, 5.74) is 5.21. The molecule has 0 aliphatic carbocycles. The van der Waals surface area contributed by atoms with Crippen molar-refractivity contribution in [2.24, 2.45) is 0 Å². The number of nitrogens with one attached hydrogen (secondary N) is 2. The summed E-state index contributed by atoms with van der Waals surface area (Å²) in [6.07, 6.45) is 3.35. The number of benzene rings is 2. The summed E-state index contributed by atoms with van der Waals surface area (Å²) < 4.78 is 0. The zero-order valence-electron chi connectivity index (χ0n) is 16.3. The monoisotopic (exact) mass is 409 g/mol. The molecule has 3 N–H and O–H groups in total. The number of carboxylic acid groups (broad SMARTS) is 1. The van der Waals surface area contributed by atoms with E-state index in [0.717, 1.165) is 22.0 Å². The van der Waals surface area contributed by atoms with E-state index in [4.69, 9.17) is 4.84 Å². The maximum absolute atomic E-state index is 12.5. The van der Waals surface area contributed by atoms with Crippen LogP contribution in [0.25, 0.3) is 10.9 Å². The van der Waals surface area contributed by atoms with Crippen LogP contribution >= 0.6 is 0 Å². The number of rotatable bonds is 12. The van der Waals surface area contributed by atoms with Gasteiger partial charge in [0.25, 0.3) is 0 Å². The van der Waals surface area contributed by atoms with Crippen molar-refractivity contribution < 1.29 is 24.3 Å². The Labute approximate surface area is 173 Å². The van der Waals surface area contributed by atoms with Crippen LogP contribution in [-0.4, -0.2) is 39.5 Å². The molecule has 8 heteroatoms. The molecule has 0 saturated heterocycles. The number of hydrazine groups is 1. The molecule has 0 fully saturated rings. The van der Waals surface area contributed by atoms with E-state index in [9.17, 15) is 19.5 Å². The number of carboxylic acids is 1. The Balaban J connectivity index is 1.53. The Bertz CT molecular complexity index is 1000. The summed E-state index contributed by atoms with van der Waals surface area (Å²) in [5, 5.41) is 11.1. The Morgan fingerprint density at radius 2 is 1.87 bits per heavy atom. The average molecular weight is 409 g/mol. The molecule has 0 spiro atoms. The minimum absolute atomic E-state index is 0.0493. The maximum atomic E-state index is 12.5. The number of Topliss-reactive ketones (excluding diaryl/α,β-unsaturated/α-hetero) is 1. The van der Waals surface area contributed by atoms with Gasteiger partial charge in [0.1, 0.15) is 6.61 Å². The standard InChI is InChI=1S/C22H23N3O5/c26-15-25(30-14-16-7-2-1-3-8-16)24-21(22(28)29)20(27)12-6-9-17-13-23-19-11-5-4-10-18(17)19/h1-5,7-8,10-11,13,15,21,23-24H,6,9,12,14H2,(H,28,29). The molecule has 8 nitrogen and oxygen atoms in total. The fraction of sp³-hybridized carbons (Fsp3) is 0.227. The molecule has 3 aromatic rings. The summed E-state index contributed by atoms with van der Waals surface area (Å²) in [6, 6.07) is 15.3. The summed E-state index contributed by atoms with van der Waals surface area (Å²) in [7, 11) is 0. The van der Waals surface area contributed by atoms with Gasteiger partial charge in [0, 0.05) is 23.5 Å². The molecule has 1 amide bonds. The number of hydroxylamine groups is 1. The third kappa shape index (κ3) is 5.53. The molecular weight excluding hydrogens is 386 g/mol. The first-order chi connectivity index (χ1) is 14.6. The number of hydrogen-bond acceptors (Lipinski definition) is 5. The van der Waals surface area contributed by atoms with Crippen LogP contribution < -0.4 is 5.43 Å². The SMILES string of the molecule is O=CN(NC(C(=O)O)C(=O)CCCc1c[nH]c2ccccc12)OCc1ccccc1. The van der Waals surface area contributed by atoms with Gasteiger partial charge in [-0.15, -0.1) is 5.17 Å². The Morgan fingerprint density at radius 1 is 1.13 bits per heavy atom. The number of fused-ring (bicyclic) bond motifs is 1. The third-order valence-electron chi connectivity index (χ3n) is 4.68. The molecule has 30 heavy (non-hydrogen) atoms. The molecule has 156 valence electrons. The van der Waals surface area contributed by atoms with Gasteiger partial charge in [-0.3, -0.25) is 14.4 Å². The fourth-order valence-electron chi connectivity index (χ4n) is 3.14. The van der Waals surface area contributed by atoms with Crippen molar-refractivity contribution in [3.63, 3.8) is 0 Å². The Morgan fingerprint density at radius 3 is 2.60 bits per heavy atom. The fourth-order valence-corrected chi connectivity index (χ4v) is 3.14. The van der Waals surface area contributed by atoms with Gasteiger partial charge in [-0.05, 0) is 30.0 Å². The Hall–Kier alpha value is -3.49. The van der Waals surface area contributed by atoms with Crippen LogP contribution in [0.3, 0.4) is 0 Å². The lowest BCUT2D eigenvalue weighted by Gasteiger charge is -2.21. The van der Waals surface area contributed by atoms with Crippen LogP contribution in [0, 0.1) is 0 Å². The van der Waals surface area contributed by atoms with Crippen LogP contribution in [0.4, 0.5) is 0 Å². The number of carbonyl (C=O) groups is 3. The largest absolute Gasteiger partial charge is 0.480 e. The average Bonchev–Trinajstić information content (AvgIpc) is 3.17. The van der Waals surface area contributed by atoms with E-state index in [1.807, 2.05) is 48.7 Å². The van der Waals surface area contributed by atoms with Crippen molar-refractivity contribution in [2.45, 2.75) is 31.9 Å². The second-order valence-corrected chi connectivity index (χ2v) is 6.77. The molecule has 0 radical (unpaired) electrons. The topological polar surface area (TPSA) is 112 Å². The summed E-state index contributed by atoms with van der Waals surface area (Å²) in [4.78, 5) is 43.7. The maximum Gasteiger partial charge on any atom is 0.330 e. The summed E-state index contributed by atoms with van der Waals surface area (Å²) in [6.45, 7) is 0.0493. The van der Waals surface area contributed by atoms with E-state index in [1.54, 1.807) is 12.1 Å². The van der Waals surface area contributed by atoms with Gasteiger partial charge >= 0.3 is 5.97 Å². The van der Waals surface area contributed by atoms with E-state index in [1.165, 1.54) is 0 Å². The van der Waals surface area contributed by atoms with Gasteiger partial charge < -0.3 is 10.1 Å². The van der Waals surface area contributed by atoms with Gasteiger partial charge in [-0.2, -0.15) is 5.43 Å². The molecule has 3 rings (SSSR count). The van der Waals surface area contributed by atoms with Gasteiger partial charge in [0.05, 0.1) is 0 Å². The zero-order valence-corrected chi connectivity index (χ0v) is 16.3. The zero-order chi connectivity index (χ0) is 21.3. The van der Waals surface area contributed by atoms with E-state index in [2.05, 4.69) is 10.4 Å². The molecule has 0 aliphatic heterocycles. The quantitative estimate of drug-likeness (QED) is 0.241. The van der Waals surface area contributed by atoms with Gasteiger partial charge in [0.2, 0.25) is 6.41 Å². The number of aliphatic carboxylic acids is 1. The van der Waals surface area contributed by atoms with E-state index >= 15 is 0 Å². The molecule has 2 aromatic carbocycles. The number of amides is 1. The predicted octanol–water partition coefficient (Wildman–Crippen LogP) is 2.61. The predicted molar refractivity (Wildman–Crippen MR) is 110 cm³/mol. The lowest BCUT2D eigenvalue weighted by Crippen LogP contribution is -2.51. The molecule has 1 aromatic heterocycles. The van der Waals surface area contributed by atoms with Crippen LogP contribution in [0.15, 0.2) is 60.8 Å². The number of aromatic amines is 1. The molecule has 0 aliphatic rings. The van der Waals surface area contributed by atoms with Crippen LogP contribution in [0.2, 0.25) is 0 Å². The first-order valence-corrected chi connectivity index (χ1v) is 9.56. The van der Waals surface area contributed by atoms with Gasteiger partial charge in [-0.1, -0.05) is 48.5 Å². The molecule has 0 saturated carbocycles. The summed E-state index contributed by atoms with van der Waals surface area (Å²) >= 11 is 0. The number of ketones is 1. The van der Waals surface area contributed by atoms with Crippen molar-refractivity contribution in [2.75, 3.05) is 0 Å². The van der Waals surface area contributed by atoms with Crippen molar-refractivity contribution >= 4 is 29.1 Å². The number of carbonyl (C=O) groups excluding carboxylic acids is 2. The second kappa shape index (κ2) is 10.3. The summed E-state index contributed by atoms with van der Waals surface area (Å²) in [5.74, 6) is -1.90.